The largest absolute Gasteiger partial charge is 0.263 e. The van der Waals surface area contributed by atoms with E-state index in [9.17, 15) is 17.2 Å². The Morgan fingerprint density at radius 3 is 2.42 bits per heavy atom. The topological polar surface area (TPSA) is 72.0 Å². The van der Waals surface area contributed by atoms with Crippen LogP contribution in [0.4, 0.5) is 13.9 Å². The quantitative estimate of drug-likeness (QED) is 0.736. The van der Waals surface area contributed by atoms with E-state index in [-0.39, 0.29) is 5.13 Å². The number of halogens is 3. The minimum Gasteiger partial charge on any atom is -0.253 e. The lowest BCUT2D eigenvalue weighted by molar-refractivity contribution is 0.568. The lowest BCUT2D eigenvalue weighted by atomic mass is 10.2. The molecule has 1 N–H and O–H groups in total. The van der Waals surface area contributed by atoms with Crippen LogP contribution >= 0.6 is 22.9 Å². The fourth-order valence-electron chi connectivity index (χ4n) is 1.86. The van der Waals surface area contributed by atoms with Crippen molar-refractivity contribution >= 4 is 38.1 Å². The van der Waals surface area contributed by atoms with Gasteiger partial charge in [-0.3, -0.25) is 4.72 Å². The summed E-state index contributed by atoms with van der Waals surface area (Å²) in [6.07, 6.45) is 0. The summed E-state index contributed by atoms with van der Waals surface area (Å²) in [5.41, 5.74) is 0.669. The SMILES string of the molecule is O=S(=O)(Nc1nnc(-c2cccc(Cl)c2)s1)c1cc(F)cc(F)c1. The molecule has 0 fully saturated rings. The molecule has 0 aliphatic rings. The average molecular weight is 388 g/mol. The average Bonchev–Trinajstić information content (AvgIpc) is 2.94. The van der Waals surface area contributed by atoms with Gasteiger partial charge in [-0.1, -0.05) is 35.1 Å². The number of rotatable bonds is 4. The Morgan fingerprint density at radius 1 is 1.04 bits per heavy atom. The lowest BCUT2D eigenvalue weighted by Crippen LogP contribution is -2.13. The van der Waals surface area contributed by atoms with Gasteiger partial charge in [0.15, 0.2) is 0 Å². The molecular weight excluding hydrogens is 380 g/mol. The molecule has 10 heteroatoms. The number of nitrogens with zero attached hydrogens (tertiary/aromatic N) is 2. The van der Waals surface area contributed by atoms with Gasteiger partial charge in [0.2, 0.25) is 5.13 Å². The summed E-state index contributed by atoms with van der Waals surface area (Å²) in [4.78, 5) is -0.542. The predicted molar refractivity (Wildman–Crippen MR) is 87.5 cm³/mol. The summed E-state index contributed by atoms with van der Waals surface area (Å²) in [6.45, 7) is 0. The van der Waals surface area contributed by atoms with Crippen molar-refractivity contribution in [1.29, 1.82) is 0 Å². The number of benzene rings is 2. The molecule has 1 aromatic heterocycles. The number of sulfonamides is 1. The van der Waals surface area contributed by atoms with Crippen LogP contribution in [0.2, 0.25) is 5.02 Å². The van der Waals surface area contributed by atoms with E-state index in [4.69, 9.17) is 11.6 Å². The first-order chi connectivity index (χ1) is 11.3. The van der Waals surface area contributed by atoms with Gasteiger partial charge in [-0.05, 0) is 24.3 Å². The van der Waals surface area contributed by atoms with Crippen molar-refractivity contribution in [2.24, 2.45) is 0 Å². The van der Waals surface area contributed by atoms with Crippen LogP contribution in [0.1, 0.15) is 0 Å². The zero-order chi connectivity index (χ0) is 17.3. The highest BCUT2D eigenvalue weighted by molar-refractivity contribution is 7.93. The number of hydrogen-bond donors (Lipinski definition) is 1. The van der Waals surface area contributed by atoms with Crippen LogP contribution in [0.3, 0.4) is 0 Å². The Bertz CT molecular complexity index is 989. The van der Waals surface area contributed by atoms with Crippen LogP contribution in [-0.2, 0) is 10.0 Å². The van der Waals surface area contributed by atoms with Crippen molar-refractivity contribution in [3.63, 3.8) is 0 Å². The monoisotopic (exact) mass is 387 g/mol. The van der Waals surface area contributed by atoms with Crippen LogP contribution in [0, 0.1) is 11.6 Å². The van der Waals surface area contributed by atoms with Gasteiger partial charge in [-0.15, -0.1) is 10.2 Å². The Labute approximate surface area is 145 Å². The molecule has 3 rings (SSSR count). The molecule has 24 heavy (non-hydrogen) atoms. The second kappa shape index (κ2) is 6.42. The molecule has 3 aromatic rings. The van der Waals surface area contributed by atoms with E-state index in [0.717, 1.165) is 11.3 Å². The van der Waals surface area contributed by atoms with E-state index in [1.807, 2.05) is 0 Å². The third-order valence-electron chi connectivity index (χ3n) is 2.86. The second-order valence-electron chi connectivity index (χ2n) is 4.63. The first-order valence-electron chi connectivity index (χ1n) is 6.42. The summed E-state index contributed by atoms with van der Waals surface area (Å²) >= 11 is 6.86. The molecule has 5 nitrogen and oxygen atoms in total. The van der Waals surface area contributed by atoms with Gasteiger partial charge in [0.25, 0.3) is 10.0 Å². The van der Waals surface area contributed by atoms with Gasteiger partial charge in [-0.2, -0.15) is 0 Å². The molecule has 0 atom stereocenters. The molecule has 0 amide bonds. The third kappa shape index (κ3) is 3.69. The maximum absolute atomic E-state index is 13.2. The second-order valence-corrected chi connectivity index (χ2v) is 7.73. The Kier molecular flexibility index (Phi) is 4.48. The van der Waals surface area contributed by atoms with E-state index >= 15 is 0 Å². The molecule has 0 aliphatic carbocycles. The first-order valence-corrected chi connectivity index (χ1v) is 9.10. The normalized spacial score (nSPS) is 11.5. The molecule has 0 saturated carbocycles. The van der Waals surface area contributed by atoms with Gasteiger partial charge < -0.3 is 0 Å². The zero-order valence-corrected chi connectivity index (χ0v) is 14.1. The summed E-state index contributed by atoms with van der Waals surface area (Å²) in [5, 5.41) is 8.51. The Hall–Kier alpha value is -2.10. The number of hydrogen-bond acceptors (Lipinski definition) is 5. The minimum atomic E-state index is -4.18. The van der Waals surface area contributed by atoms with Gasteiger partial charge in [0.05, 0.1) is 4.90 Å². The maximum Gasteiger partial charge on any atom is 0.263 e. The Morgan fingerprint density at radius 2 is 1.75 bits per heavy atom. The predicted octanol–water partition coefficient (Wildman–Crippen LogP) is 3.94. The highest BCUT2D eigenvalue weighted by Gasteiger charge is 2.19. The summed E-state index contributed by atoms with van der Waals surface area (Å²) in [7, 11) is -4.18. The smallest absolute Gasteiger partial charge is 0.253 e. The number of anilines is 1. The van der Waals surface area contributed by atoms with Crippen LogP contribution < -0.4 is 4.72 Å². The number of aromatic nitrogens is 2. The third-order valence-corrected chi connectivity index (χ3v) is 5.44. The van der Waals surface area contributed by atoms with Gasteiger partial charge in [0, 0.05) is 16.7 Å². The zero-order valence-electron chi connectivity index (χ0n) is 11.7. The first kappa shape index (κ1) is 16.7. The summed E-state index contributed by atoms with van der Waals surface area (Å²) < 4.78 is 52.9. The van der Waals surface area contributed by atoms with Crippen LogP contribution in [-0.4, -0.2) is 18.6 Å². The van der Waals surface area contributed by atoms with E-state index in [0.29, 0.717) is 33.8 Å². The van der Waals surface area contributed by atoms with Crippen molar-refractivity contribution in [2.45, 2.75) is 4.90 Å². The maximum atomic E-state index is 13.2. The molecule has 0 bridgehead atoms. The molecule has 0 unspecified atom stereocenters. The molecule has 0 radical (unpaired) electrons. The fourth-order valence-corrected chi connectivity index (χ4v) is 4.06. The molecule has 124 valence electrons. The fraction of sp³-hybridized carbons (Fsp3) is 0. The van der Waals surface area contributed by atoms with Crippen molar-refractivity contribution in [3.8, 4) is 10.6 Å². The lowest BCUT2D eigenvalue weighted by Gasteiger charge is -2.04. The molecule has 1 heterocycles. The standard InChI is InChI=1S/C14H8ClF2N3O2S2/c15-9-3-1-2-8(4-9)13-18-19-14(23-13)20-24(21,22)12-6-10(16)5-11(17)7-12/h1-7H,(H,19,20). The van der Waals surface area contributed by atoms with Crippen molar-refractivity contribution in [1.82, 2.24) is 10.2 Å². The van der Waals surface area contributed by atoms with E-state index in [2.05, 4.69) is 14.9 Å². The van der Waals surface area contributed by atoms with E-state index < -0.39 is 26.6 Å². The van der Waals surface area contributed by atoms with Crippen LogP contribution in [0.25, 0.3) is 10.6 Å². The van der Waals surface area contributed by atoms with Crippen molar-refractivity contribution in [2.75, 3.05) is 4.72 Å². The molecule has 2 aromatic carbocycles. The molecule has 0 spiro atoms. The number of nitrogens with one attached hydrogen (secondary N) is 1. The Balaban J connectivity index is 1.88. The van der Waals surface area contributed by atoms with Crippen molar-refractivity contribution < 1.29 is 17.2 Å². The highest BCUT2D eigenvalue weighted by Crippen LogP contribution is 2.29. The van der Waals surface area contributed by atoms with E-state index in [1.54, 1.807) is 24.3 Å². The van der Waals surface area contributed by atoms with Crippen LogP contribution in [0.5, 0.6) is 0 Å². The van der Waals surface area contributed by atoms with Gasteiger partial charge in [0.1, 0.15) is 16.6 Å². The summed E-state index contributed by atoms with van der Waals surface area (Å²) in [5.74, 6) is -1.99. The van der Waals surface area contributed by atoms with Gasteiger partial charge >= 0.3 is 0 Å². The molecular formula is C14H8ClF2N3O2S2. The van der Waals surface area contributed by atoms with E-state index in [1.165, 1.54) is 0 Å². The van der Waals surface area contributed by atoms with Gasteiger partial charge in [-0.25, -0.2) is 17.2 Å². The molecule has 0 saturated heterocycles. The van der Waals surface area contributed by atoms with Crippen LogP contribution in [0.15, 0.2) is 47.4 Å². The molecule has 0 aliphatic heterocycles. The minimum absolute atomic E-state index is 0.0327. The van der Waals surface area contributed by atoms with Crippen molar-refractivity contribution in [3.05, 3.63) is 59.1 Å². The summed E-state index contributed by atoms with van der Waals surface area (Å²) in [6, 6.07) is 8.82. The highest BCUT2D eigenvalue weighted by atomic mass is 35.5.